The van der Waals surface area contributed by atoms with E-state index in [1.165, 1.54) is 26.0 Å². The quantitative estimate of drug-likeness (QED) is 0.665. The molecular formula is C8H16O4S2. The lowest BCUT2D eigenvalue weighted by atomic mass is 10.6. The molecule has 0 aromatic rings. The summed E-state index contributed by atoms with van der Waals surface area (Å²) in [5.74, 6) is -0.331. The van der Waals surface area contributed by atoms with Crippen LogP contribution in [0.2, 0.25) is 0 Å². The minimum absolute atomic E-state index is 0.165. The molecule has 4 nitrogen and oxygen atoms in total. The van der Waals surface area contributed by atoms with Gasteiger partial charge in [0.2, 0.25) is 0 Å². The third-order valence-corrected chi connectivity index (χ3v) is 6.96. The molecule has 0 fully saturated rings. The van der Waals surface area contributed by atoms with Crippen LogP contribution in [0.5, 0.6) is 0 Å². The molecule has 0 amide bonds. The minimum atomic E-state index is -3.57. The highest BCUT2D eigenvalue weighted by molar-refractivity contribution is 8.09. The van der Waals surface area contributed by atoms with Gasteiger partial charge in [-0.1, -0.05) is 26.0 Å². The maximum absolute atomic E-state index is 11.5. The Balaban J connectivity index is 5.41. The van der Waals surface area contributed by atoms with Crippen molar-refractivity contribution >= 4 is 19.7 Å². The van der Waals surface area contributed by atoms with E-state index in [0.717, 1.165) is 0 Å². The van der Waals surface area contributed by atoms with Gasteiger partial charge in [-0.25, -0.2) is 16.8 Å². The van der Waals surface area contributed by atoms with Crippen molar-refractivity contribution in [1.82, 2.24) is 0 Å². The SMILES string of the molecule is CC=CC(S(=O)(=O)CC)S(=O)(=O)CC. The van der Waals surface area contributed by atoms with E-state index in [-0.39, 0.29) is 11.5 Å². The average molecular weight is 240 g/mol. The van der Waals surface area contributed by atoms with Crippen molar-refractivity contribution in [3.63, 3.8) is 0 Å². The van der Waals surface area contributed by atoms with E-state index in [2.05, 4.69) is 0 Å². The molecule has 0 saturated heterocycles. The van der Waals surface area contributed by atoms with Gasteiger partial charge in [-0.15, -0.1) is 0 Å². The second-order valence-electron chi connectivity index (χ2n) is 2.80. The van der Waals surface area contributed by atoms with Gasteiger partial charge in [0.15, 0.2) is 24.3 Å². The highest BCUT2D eigenvalue weighted by Crippen LogP contribution is 2.13. The molecular weight excluding hydrogens is 224 g/mol. The number of rotatable bonds is 5. The molecule has 0 atom stereocenters. The summed E-state index contributed by atoms with van der Waals surface area (Å²) in [6.07, 6.45) is 2.67. The minimum Gasteiger partial charge on any atom is -0.227 e. The predicted molar refractivity (Wildman–Crippen MR) is 57.5 cm³/mol. The second-order valence-corrected chi connectivity index (χ2v) is 7.92. The summed E-state index contributed by atoms with van der Waals surface area (Å²) >= 11 is 0. The monoisotopic (exact) mass is 240 g/mol. The Kier molecular flexibility index (Phi) is 4.80. The van der Waals surface area contributed by atoms with E-state index in [9.17, 15) is 16.8 Å². The first-order valence-corrected chi connectivity index (χ1v) is 7.80. The summed E-state index contributed by atoms with van der Waals surface area (Å²) < 4.78 is 44.5. The Labute approximate surface area is 85.9 Å². The van der Waals surface area contributed by atoms with Crippen molar-refractivity contribution in [3.05, 3.63) is 12.2 Å². The number of sulfone groups is 2. The van der Waals surface area contributed by atoms with Crippen LogP contribution in [0.3, 0.4) is 0 Å². The van der Waals surface area contributed by atoms with Crippen LogP contribution < -0.4 is 0 Å². The Morgan fingerprint density at radius 3 is 1.57 bits per heavy atom. The smallest absolute Gasteiger partial charge is 0.180 e. The predicted octanol–water partition coefficient (Wildman–Crippen LogP) is 0.758. The van der Waals surface area contributed by atoms with Crippen LogP contribution in [-0.2, 0) is 19.7 Å². The first kappa shape index (κ1) is 13.6. The molecule has 0 aromatic carbocycles. The van der Waals surface area contributed by atoms with Crippen molar-refractivity contribution in [2.45, 2.75) is 25.4 Å². The topological polar surface area (TPSA) is 68.3 Å². The molecule has 0 aliphatic carbocycles. The molecule has 0 saturated carbocycles. The van der Waals surface area contributed by atoms with Crippen molar-refractivity contribution in [2.75, 3.05) is 11.5 Å². The van der Waals surface area contributed by atoms with Gasteiger partial charge in [-0.05, 0) is 6.92 Å². The molecule has 0 bridgehead atoms. The molecule has 0 radical (unpaired) electrons. The third kappa shape index (κ3) is 3.09. The zero-order valence-electron chi connectivity index (χ0n) is 8.60. The van der Waals surface area contributed by atoms with Crippen molar-refractivity contribution < 1.29 is 16.8 Å². The van der Waals surface area contributed by atoms with E-state index in [1.54, 1.807) is 6.92 Å². The first-order chi connectivity index (χ1) is 6.31. The summed E-state index contributed by atoms with van der Waals surface area (Å²) in [4.78, 5) is 0. The van der Waals surface area contributed by atoms with E-state index in [0.29, 0.717) is 0 Å². The molecule has 0 unspecified atom stereocenters. The average Bonchev–Trinajstić information content (AvgIpc) is 2.13. The molecule has 14 heavy (non-hydrogen) atoms. The molecule has 84 valence electrons. The molecule has 0 aliphatic heterocycles. The van der Waals surface area contributed by atoms with Gasteiger partial charge in [0.05, 0.1) is 0 Å². The van der Waals surface area contributed by atoms with Gasteiger partial charge in [0, 0.05) is 11.5 Å². The summed E-state index contributed by atoms with van der Waals surface area (Å²) in [6.45, 7) is 4.48. The highest BCUT2D eigenvalue weighted by Gasteiger charge is 2.32. The van der Waals surface area contributed by atoms with Crippen LogP contribution in [0.4, 0.5) is 0 Å². The Bertz CT molecular complexity index is 355. The Morgan fingerprint density at radius 1 is 1.00 bits per heavy atom. The molecule has 0 N–H and O–H groups in total. The van der Waals surface area contributed by atoms with Gasteiger partial charge in [-0.3, -0.25) is 0 Å². The molecule has 0 aliphatic rings. The van der Waals surface area contributed by atoms with E-state index >= 15 is 0 Å². The van der Waals surface area contributed by atoms with Gasteiger partial charge in [-0.2, -0.15) is 0 Å². The maximum atomic E-state index is 11.5. The van der Waals surface area contributed by atoms with Gasteiger partial charge in [0.1, 0.15) is 0 Å². The third-order valence-electron chi connectivity index (χ3n) is 1.86. The number of allylic oxidation sites excluding steroid dienone is 1. The lowest BCUT2D eigenvalue weighted by Gasteiger charge is -2.11. The fraction of sp³-hybridized carbons (Fsp3) is 0.750. The standard InChI is InChI=1S/C8H16O4S2/c1-4-7-8(13(9,10)5-2)14(11,12)6-3/h4,7-8H,5-6H2,1-3H3. The fourth-order valence-corrected chi connectivity index (χ4v) is 5.00. The zero-order chi connectivity index (χ0) is 11.4. The first-order valence-electron chi connectivity index (χ1n) is 4.37. The lowest BCUT2D eigenvalue weighted by Crippen LogP contribution is -2.31. The fourth-order valence-electron chi connectivity index (χ4n) is 0.948. The van der Waals surface area contributed by atoms with Gasteiger partial charge >= 0.3 is 0 Å². The van der Waals surface area contributed by atoms with Crippen LogP contribution in [0.25, 0.3) is 0 Å². The Hall–Kier alpha value is -0.360. The Morgan fingerprint density at radius 2 is 1.36 bits per heavy atom. The molecule has 0 heterocycles. The summed E-state index contributed by atoms with van der Waals surface area (Å²) in [5.41, 5.74) is 0. The van der Waals surface area contributed by atoms with Crippen LogP contribution >= 0.6 is 0 Å². The van der Waals surface area contributed by atoms with E-state index in [1.807, 2.05) is 0 Å². The zero-order valence-corrected chi connectivity index (χ0v) is 10.2. The van der Waals surface area contributed by atoms with Crippen LogP contribution in [-0.4, -0.2) is 32.9 Å². The van der Waals surface area contributed by atoms with Crippen molar-refractivity contribution in [2.24, 2.45) is 0 Å². The maximum Gasteiger partial charge on any atom is 0.180 e. The number of hydrogen-bond donors (Lipinski definition) is 0. The van der Waals surface area contributed by atoms with Crippen LogP contribution in [0, 0.1) is 0 Å². The largest absolute Gasteiger partial charge is 0.227 e. The summed E-state index contributed by atoms with van der Waals surface area (Å²) in [5, 5.41) is 0. The lowest BCUT2D eigenvalue weighted by molar-refractivity contribution is 0.583. The van der Waals surface area contributed by atoms with E-state index < -0.39 is 24.3 Å². The van der Waals surface area contributed by atoms with Gasteiger partial charge < -0.3 is 0 Å². The highest BCUT2D eigenvalue weighted by atomic mass is 32.3. The second kappa shape index (κ2) is 4.93. The summed E-state index contributed by atoms with van der Waals surface area (Å²) in [6, 6.07) is 0. The van der Waals surface area contributed by atoms with Gasteiger partial charge in [0.25, 0.3) is 0 Å². The van der Waals surface area contributed by atoms with Crippen molar-refractivity contribution in [3.8, 4) is 0 Å². The van der Waals surface area contributed by atoms with E-state index in [4.69, 9.17) is 0 Å². The number of hydrogen-bond acceptors (Lipinski definition) is 4. The molecule has 0 spiro atoms. The summed E-state index contributed by atoms with van der Waals surface area (Å²) in [7, 11) is -7.13. The van der Waals surface area contributed by atoms with Crippen LogP contribution in [0.1, 0.15) is 20.8 Å². The normalized spacial score (nSPS) is 14.0. The molecule has 6 heteroatoms. The molecule has 0 aromatic heterocycles. The molecule has 0 rings (SSSR count). The van der Waals surface area contributed by atoms with Crippen molar-refractivity contribution in [1.29, 1.82) is 0 Å². The van der Waals surface area contributed by atoms with Crippen LogP contribution in [0.15, 0.2) is 12.2 Å².